The molecule has 4 saturated carbocycles. The molecule has 0 bridgehead atoms. The average molecular weight is 529 g/mol. The van der Waals surface area contributed by atoms with E-state index in [0.29, 0.717) is 40.6 Å². The molecule has 214 valence electrons. The van der Waals surface area contributed by atoms with Gasteiger partial charge in [0.25, 0.3) is 0 Å². The zero-order valence-electron chi connectivity index (χ0n) is 24.8. The summed E-state index contributed by atoms with van der Waals surface area (Å²) in [5.74, 6) is 4.25. The Kier molecular flexibility index (Phi) is 6.74. The molecule has 4 aliphatic carbocycles. The Bertz CT molecular complexity index is 944. The second-order valence-corrected chi connectivity index (χ2v) is 15.2. The van der Waals surface area contributed by atoms with Crippen molar-refractivity contribution in [3.8, 4) is 0 Å². The molecule has 1 unspecified atom stereocenters. The Balaban J connectivity index is 1.12. The molecule has 6 heteroatoms. The maximum atomic E-state index is 12.5. The van der Waals surface area contributed by atoms with Gasteiger partial charge in [-0.05, 0) is 104 Å². The molecule has 2 heterocycles. The molecule has 38 heavy (non-hydrogen) atoms. The van der Waals surface area contributed by atoms with E-state index in [0.717, 1.165) is 43.6 Å². The molecule has 6 nitrogen and oxygen atoms in total. The zero-order chi connectivity index (χ0) is 27.0. The van der Waals surface area contributed by atoms with Crippen molar-refractivity contribution in [2.24, 2.45) is 52.3 Å². The Morgan fingerprint density at radius 2 is 1.68 bits per heavy atom. The fourth-order valence-corrected chi connectivity index (χ4v) is 11.0. The highest BCUT2D eigenvalue weighted by Gasteiger charge is 2.69. The Labute approximate surface area is 230 Å². The van der Waals surface area contributed by atoms with Gasteiger partial charge in [0, 0.05) is 32.5 Å². The molecule has 1 spiro atoms. The number of hydrogen-bond acceptors (Lipinski definition) is 4. The van der Waals surface area contributed by atoms with Crippen LogP contribution in [0.5, 0.6) is 0 Å². The van der Waals surface area contributed by atoms with Crippen molar-refractivity contribution in [1.82, 2.24) is 10.2 Å². The topological polar surface area (TPSA) is 67.9 Å². The Morgan fingerprint density at radius 3 is 2.39 bits per heavy atom. The quantitative estimate of drug-likeness (QED) is 0.499. The lowest BCUT2D eigenvalue weighted by Gasteiger charge is -2.61. The molecule has 2 amide bonds. The van der Waals surface area contributed by atoms with Crippen molar-refractivity contribution in [3.05, 3.63) is 0 Å². The lowest BCUT2D eigenvalue weighted by molar-refractivity contribution is -0.273. The van der Waals surface area contributed by atoms with Gasteiger partial charge in [-0.2, -0.15) is 0 Å². The number of fused-ring (bicyclic) bond motifs is 7. The molecule has 6 rings (SSSR count). The van der Waals surface area contributed by atoms with Gasteiger partial charge in [-0.1, -0.05) is 27.7 Å². The third-order valence-electron chi connectivity index (χ3n) is 13.1. The predicted octanol–water partition coefficient (Wildman–Crippen LogP) is 5.40. The van der Waals surface area contributed by atoms with Gasteiger partial charge in [0.15, 0.2) is 5.79 Å². The first-order valence-corrected chi connectivity index (χ1v) is 15.8. The van der Waals surface area contributed by atoms with Gasteiger partial charge in [-0.3, -0.25) is 9.59 Å². The minimum absolute atomic E-state index is 0.0371. The van der Waals surface area contributed by atoms with Gasteiger partial charge in [0.1, 0.15) is 6.42 Å². The van der Waals surface area contributed by atoms with Gasteiger partial charge in [-0.15, -0.1) is 0 Å². The summed E-state index contributed by atoms with van der Waals surface area (Å²) in [6, 6.07) is 0.218. The molecule has 0 radical (unpaired) electrons. The highest BCUT2D eigenvalue weighted by Crippen LogP contribution is 2.71. The summed E-state index contributed by atoms with van der Waals surface area (Å²) in [6.45, 7) is 10.8. The van der Waals surface area contributed by atoms with Crippen molar-refractivity contribution in [1.29, 1.82) is 0 Å². The van der Waals surface area contributed by atoms with Crippen LogP contribution in [0, 0.1) is 52.3 Å². The maximum absolute atomic E-state index is 12.5. The second-order valence-electron chi connectivity index (χ2n) is 15.2. The van der Waals surface area contributed by atoms with Crippen molar-refractivity contribution in [2.75, 3.05) is 20.7 Å². The first-order valence-electron chi connectivity index (χ1n) is 15.8. The van der Waals surface area contributed by atoms with Crippen LogP contribution in [0.25, 0.3) is 0 Å². The highest BCUT2D eigenvalue weighted by atomic mass is 16.7. The maximum Gasteiger partial charge on any atom is 0.231 e. The Hall–Kier alpha value is -1.14. The van der Waals surface area contributed by atoms with Crippen molar-refractivity contribution in [2.45, 2.75) is 116 Å². The predicted molar refractivity (Wildman–Crippen MR) is 147 cm³/mol. The van der Waals surface area contributed by atoms with Gasteiger partial charge >= 0.3 is 0 Å². The molecule has 1 N–H and O–H groups in total. The van der Waals surface area contributed by atoms with Crippen LogP contribution in [0.15, 0.2) is 0 Å². The molecule has 2 saturated heterocycles. The number of ether oxygens (including phenoxy) is 2. The molecule has 0 aromatic rings. The van der Waals surface area contributed by atoms with Crippen LogP contribution in [0.2, 0.25) is 0 Å². The summed E-state index contributed by atoms with van der Waals surface area (Å²) in [6.07, 6.45) is 12.5. The largest absolute Gasteiger partial charge is 0.353 e. The first kappa shape index (κ1) is 27.1. The third-order valence-corrected chi connectivity index (χ3v) is 13.1. The number of nitrogens with one attached hydrogen (secondary N) is 1. The lowest BCUT2D eigenvalue weighted by atomic mass is 9.44. The van der Waals surface area contributed by atoms with E-state index in [9.17, 15) is 9.59 Å². The average Bonchev–Trinajstić information content (AvgIpc) is 3.31. The fourth-order valence-electron chi connectivity index (χ4n) is 11.0. The smallest absolute Gasteiger partial charge is 0.231 e. The number of amides is 2. The van der Waals surface area contributed by atoms with Crippen LogP contribution in [-0.2, 0) is 19.1 Å². The van der Waals surface area contributed by atoms with Crippen LogP contribution >= 0.6 is 0 Å². The third kappa shape index (κ3) is 4.09. The van der Waals surface area contributed by atoms with Crippen LogP contribution < -0.4 is 5.32 Å². The standard InChI is InChI=1S/C32H52N2O4/c1-19-9-14-32(37-18-19)20(2)29-26(38-32)16-25-23-8-7-21-15-22(33-27(35)17-28(36)34(5)6)10-12-30(21,3)24(23)11-13-31(25,29)4/h19-26,29H,7-18H2,1-6H3,(H,33,35)/t19-,20+,21+,22?,23-,24+,25+,26+,29+,30+,31+,32-/m1/s1. The molecule has 6 fully saturated rings. The zero-order valence-corrected chi connectivity index (χ0v) is 24.8. The van der Waals surface area contributed by atoms with Crippen molar-refractivity contribution < 1.29 is 19.1 Å². The normalized spacial score (nSPS) is 51.5. The van der Waals surface area contributed by atoms with Crippen LogP contribution in [0.1, 0.15) is 98.3 Å². The number of rotatable bonds is 3. The highest BCUT2D eigenvalue weighted by molar-refractivity contribution is 5.96. The molecular formula is C32H52N2O4. The summed E-state index contributed by atoms with van der Waals surface area (Å²) in [7, 11) is 3.42. The molecule has 12 atom stereocenters. The summed E-state index contributed by atoms with van der Waals surface area (Å²) in [5, 5.41) is 3.22. The van der Waals surface area contributed by atoms with E-state index in [1.165, 1.54) is 49.8 Å². The number of carbonyl (C=O) groups excluding carboxylic acids is 2. The van der Waals surface area contributed by atoms with E-state index in [2.05, 4.69) is 33.0 Å². The van der Waals surface area contributed by atoms with E-state index in [1.807, 2.05) is 0 Å². The molecule has 0 aromatic carbocycles. The minimum atomic E-state index is -0.323. The van der Waals surface area contributed by atoms with Gasteiger partial charge in [0.05, 0.1) is 12.7 Å². The van der Waals surface area contributed by atoms with Crippen molar-refractivity contribution >= 4 is 11.8 Å². The second kappa shape index (κ2) is 9.46. The van der Waals surface area contributed by atoms with Gasteiger partial charge in [-0.25, -0.2) is 0 Å². The SMILES string of the molecule is C[C@@H]1CC[C@@]2(OC1)O[C@H]1C[C@H]3[C@@H]4CC[C@H]5CC(NC(=O)CC(=O)N(C)C)CC[C@]5(C)[C@H]4CC[C@]3(C)[C@H]1[C@@H]2C. The van der Waals surface area contributed by atoms with E-state index < -0.39 is 0 Å². The van der Waals surface area contributed by atoms with E-state index in [4.69, 9.17) is 9.47 Å². The van der Waals surface area contributed by atoms with E-state index >= 15 is 0 Å². The number of nitrogens with zero attached hydrogens (tertiary/aromatic N) is 1. The summed E-state index contributed by atoms with van der Waals surface area (Å²) in [5.41, 5.74) is 0.744. The number of hydrogen-bond donors (Lipinski definition) is 1. The summed E-state index contributed by atoms with van der Waals surface area (Å²) < 4.78 is 13.4. The van der Waals surface area contributed by atoms with E-state index in [-0.39, 0.29) is 30.1 Å². The first-order chi connectivity index (χ1) is 18.0. The molecule has 6 aliphatic rings. The van der Waals surface area contributed by atoms with E-state index in [1.54, 1.807) is 14.1 Å². The van der Waals surface area contributed by atoms with Crippen LogP contribution in [0.3, 0.4) is 0 Å². The fraction of sp³-hybridized carbons (Fsp3) is 0.938. The van der Waals surface area contributed by atoms with Gasteiger partial charge in [0.2, 0.25) is 11.8 Å². The Morgan fingerprint density at radius 1 is 0.921 bits per heavy atom. The summed E-state index contributed by atoms with van der Waals surface area (Å²) >= 11 is 0. The molecule has 2 aliphatic heterocycles. The minimum Gasteiger partial charge on any atom is -0.353 e. The van der Waals surface area contributed by atoms with Crippen molar-refractivity contribution in [3.63, 3.8) is 0 Å². The monoisotopic (exact) mass is 528 g/mol. The van der Waals surface area contributed by atoms with Crippen LogP contribution in [0.4, 0.5) is 0 Å². The number of carbonyl (C=O) groups is 2. The van der Waals surface area contributed by atoms with Crippen LogP contribution in [-0.4, -0.2) is 55.3 Å². The van der Waals surface area contributed by atoms with Gasteiger partial charge < -0.3 is 19.7 Å². The summed E-state index contributed by atoms with van der Waals surface area (Å²) in [4.78, 5) is 26.0. The lowest BCUT2D eigenvalue weighted by Crippen LogP contribution is -2.56. The molecular weight excluding hydrogens is 476 g/mol. The molecule has 0 aromatic heterocycles.